The fraction of sp³-hybridized carbons (Fsp3) is 0.429. The van der Waals surface area contributed by atoms with Crippen molar-refractivity contribution in [1.82, 2.24) is 0 Å². The molecule has 0 bridgehead atoms. The number of aliphatic carboxylic acids is 1. The van der Waals surface area contributed by atoms with Gasteiger partial charge in [-0.05, 0) is 5.54 Å². The molecule has 0 aromatic heterocycles. The lowest BCUT2D eigenvalue weighted by Gasteiger charge is -2.31. The fourth-order valence-electron chi connectivity index (χ4n) is 2.18. The Kier molecular flexibility index (Phi) is 5.29. The zero-order valence-corrected chi connectivity index (χ0v) is 12.6. The van der Waals surface area contributed by atoms with Crippen LogP contribution in [0.1, 0.15) is 12.8 Å². The van der Waals surface area contributed by atoms with Crippen molar-refractivity contribution in [3.05, 3.63) is 30.3 Å². The molecule has 0 aliphatic heterocycles. The van der Waals surface area contributed by atoms with Gasteiger partial charge < -0.3 is 9.84 Å². The van der Waals surface area contributed by atoms with E-state index in [1.807, 2.05) is 30.3 Å². The average molecular weight is 280 g/mol. The summed E-state index contributed by atoms with van der Waals surface area (Å²) in [6.45, 7) is 4.19. The maximum atomic E-state index is 11.5. The highest BCUT2D eigenvalue weighted by atomic mass is 28.3. The lowest BCUT2D eigenvalue weighted by atomic mass is 10.2. The predicted octanol–water partition coefficient (Wildman–Crippen LogP) is 2.01. The Morgan fingerprint density at radius 3 is 2.26 bits per heavy atom. The third kappa shape index (κ3) is 4.20. The number of hydrogen-bond acceptors (Lipinski definition) is 3. The number of benzene rings is 1. The number of ether oxygens (including phenoxy) is 1. The molecule has 0 fully saturated rings. The average Bonchev–Trinajstić information content (AvgIpc) is 2.38. The van der Waals surface area contributed by atoms with Crippen LogP contribution < -0.4 is 5.19 Å². The quantitative estimate of drug-likeness (QED) is 0.639. The molecule has 1 atom stereocenters. The zero-order chi connectivity index (χ0) is 14.5. The molecule has 0 saturated heterocycles. The van der Waals surface area contributed by atoms with Crippen molar-refractivity contribution in [3.63, 3.8) is 0 Å². The van der Waals surface area contributed by atoms with E-state index < -0.39 is 14.0 Å². The van der Waals surface area contributed by atoms with Gasteiger partial charge in [0.15, 0.2) is 0 Å². The van der Waals surface area contributed by atoms with E-state index in [0.29, 0.717) is 0 Å². The highest BCUT2D eigenvalue weighted by molar-refractivity contribution is 6.91. The molecule has 19 heavy (non-hydrogen) atoms. The maximum Gasteiger partial charge on any atom is 0.305 e. The summed E-state index contributed by atoms with van der Waals surface area (Å²) < 4.78 is 4.68. The van der Waals surface area contributed by atoms with Gasteiger partial charge in [0.25, 0.3) is 0 Å². The van der Waals surface area contributed by atoms with Crippen molar-refractivity contribution in [2.75, 3.05) is 7.11 Å². The van der Waals surface area contributed by atoms with Crippen LogP contribution in [0.3, 0.4) is 0 Å². The highest BCUT2D eigenvalue weighted by Crippen LogP contribution is 2.29. The standard InChI is InChI=1S/C14H20O4Si/c1-18-14(17)10-12(9-13(15)16)19(2,3)11-7-5-4-6-8-11/h4-8,12H,9-10H2,1-3H3,(H,15,16)/t12-/m0/s1. The van der Waals surface area contributed by atoms with Gasteiger partial charge in [-0.15, -0.1) is 0 Å². The molecule has 5 heteroatoms. The molecule has 1 rings (SSSR count). The van der Waals surface area contributed by atoms with Gasteiger partial charge in [0.05, 0.1) is 15.2 Å². The lowest BCUT2D eigenvalue weighted by Crippen LogP contribution is -2.47. The van der Waals surface area contributed by atoms with Crippen molar-refractivity contribution < 1.29 is 19.4 Å². The largest absolute Gasteiger partial charge is 0.481 e. The van der Waals surface area contributed by atoms with Gasteiger partial charge in [-0.25, -0.2) is 0 Å². The Morgan fingerprint density at radius 1 is 1.21 bits per heavy atom. The summed E-state index contributed by atoms with van der Waals surface area (Å²) in [4.78, 5) is 22.5. The van der Waals surface area contributed by atoms with Crippen molar-refractivity contribution in [2.45, 2.75) is 31.5 Å². The van der Waals surface area contributed by atoms with E-state index in [0.717, 1.165) is 5.19 Å². The molecule has 0 radical (unpaired) electrons. The Labute approximate surface area is 114 Å². The first-order valence-corrected chi connectivity index (χ1v) is 9.29. The molecule has 0 spiro atoms. The number of rotatable bonds is 6. The monoisotopic (exact) mass is 280 g/mol. The van der Waals surface area contributed by atoms with Gasteiger partial charge in [0.2, 0.25) is 0 Å². The third-order valence-corrected chi connectivity index (χ3v) is 7.87. The SMILES string of the molecule is COC(=O)C[C@H](CC(=O)O)[Si](C)(C)c1ccccc1. The Balaban J connectivity index is 3.01. The Hall–Kier alpha value is -1.62. The summed E-state index contributed by atoms with van der Waals surface area (Å²) >= 11 is 0. The molecule has 0 amide bonds. The van der Waals surface area contributed by atoms with E-state index >= 15 is 0 Å². The van der Waals surface area contributed by atoms with Crippen LogP contribution >= 0.6 is 0 Å². The molecule has 0 aliphatic carbocycles. The first-order chi connectivity index (χ1) is 8.87. The van der Waals surface area contributed by atoms with Gasteiger partial charge in [0, 0.05) is 12.8 Å². The van der Waals surface area contributed by atoms with Gasteiger partial charge >= 0.3 is 11.9 Å². The summed E-state index contributed by atoms with van der Waals surface area (Å²) in [6, 6.07) is 9.84. The number of carboxylic acids is 1. The summed E-state index contributed by atoms with van der Waals surface area (Å²) in [7, 11) is -0.702. The molecular weight excluding hydrogens is 260 g/mol. The van der Waals surface area contributed by atoms with Crippen LogP contribution in [-0.2, 0) is 14.3 Å². The smallest absolute Gasteiger partial charge is 0.305 e. The number of carboxylic acid groups (broad SMARTS) is 1. The molecule has 0 unspecified atom stereocenters. The number of carbonyl (C=O) groups is 2. The first-order valence-electron chi connectivity index (χ1n) is 6.22. The minimum absolute atomic E-state index is 0.00319. The summed E-state index contributed by atoms with van der Waals surface area (Å²) in [6.07, 6.45) is 0.167. The van der Waals surface area contributed by atoms with E-state index in [9.17, 15) is 9.59 Å². The normalized spacial score (nSPS) is 12.8. The molecule has 1 aromatic rings. The molecule has 4 nitrogen and oxygen atoms in total. The third-order valence-electron chi connectivity index (χ3n) is 3.60. The maximum absolute atomic E-state index is 11.5. The summed E-state index contributed by atoms with van der Waals surface area (Å²) in [5, 5.41) is 10.2. The highest BCUT2D eigenvalue weighted by Gasteiger charge is 2.36. The molecule has 1 N–H and O–H groups in total. The van der Waals surface area contributed by atoms with Crippen molar-refractivity contribution in [3.8, 4) is 0 Å². The van der Waals surface area contributed by atoms with Crippen LogP contribution in [-0.4, -0.2) is 32.2 Å². The first kappa shape index (κ1) is 15.4. The minimum Gasteiger partial charge on any atom is -0.481 e. The van der Waals surface area contributed by atoms with Crippen LogP contribution in [0.5, 0.6) is 0 Å². The van der Waals surface area contributed by atoms with E-state index in [1.165, 1.54) is 7.11 Å². The predicted molar refractivity (Wildman–Crippen MR) is 76.2 cm³/mol. The van der Waals surface area contributed by atoms with Crippen LogP contribution in [0.2, 0.25) is 18.6 Å². The summed E-state index contributed by atoms with van der Waals surface area (Å²) in [5.41, 5.74) is -0.167. The molecule has 1 aromatic carbocycles. The second-order valence-electron chi connectivity index (χ2n) is 5.16. The molecule has 0 aliphatic rings. The second-order valence-corrected chi connectivity index (χ2v) is 10.00. The molecule has 0 saturated carbocycles. The second kappa shape index (κ2) is 6.52. The van der Waals surface area contributed by atoms with E-state index in [-0.39, 0.29) is 24.4 Å². The van der Waals surface area contributed by atoms with Crippen molar-refractivity contribution in [1.29, 1.82) is 0 Å². The fourth-order valence-corrected chi connectivity index (χ4v) is 5.07. The molecule has 104 valence electrons. The molecular formula is C14H20O4Si. The van der Waals surface area contributed by atoms with Gasteiger partial charge in [0.1, 0.15) is 0 Å². The van der Waals surface area contributed by atoms with Crippen LogP contribution in [0, 0.1) is 0 Å². The van der Waals surface area contributed by atoms with Crippen LogP contribution in [0.15, 0.2) is 30.3 Å². The van der Waals surface area contributed by atoms with Crippen molar-refractivity contribution in [2.24, 2.45) is 0 Å². The number of methoxy groups -OCH3 is 1. The Bertz CT molecular complexity index is 442. The lowest BCUT2D eigenvalue weighted by molar-refractivity contribution is -0.141. The zero-order valence-electron chi connectivity index (χ0n) is 11.6. The molecule has 0 heterocycles. The van der Waals surface area contributed by atoms with Crippen LogP contribution in [0.4, 0.5) is 0 Å². The topological polar surface area (TPSA) is 63.6 Å². The van der Waals surface area contributed by atoms with E-state index in [4.69, 9.17) is 5.11 Å². The van der Waals surface area contributed by atoms with Gasteiger partial charge in [-0.3, -0.25) is 9.59 Å². The van der Waals surface area contributed by atoms with E-state index in [1.54, 1.807) is 0 Å². The van der Waals surface area contributed by atoms with Crippen LogP contribution in [0.25, 0.3) is 0 Å². The Morgan fingerprint density at radius 2 is 1.79 bits per heavy atom. The minimum atomic E-state index is -2.03. The van der Waals surface area contributed by atoms with Crippen molar-refractivity contribution >= 4 is 25.2 Å². The van der Waals surface area contributed by atoms with E-state index in [2.05, 4.69) is 17.8 Å². The number of hydrogen-bond donors (Lipinski definition) is 1. The van der Waals surface area contributed by atoms with Gasteiger partial charge in [-0.2, -0.15) is 0 Å². The van der Waals surface area contributed by atoms with Gasteiger partial charge in [-0.1, -0.05) is 48.6 Å². The number of esters is 1. The summed E-state index contributed by atoms with van der Waals surface area (Å²) in [5.74, 6) is -1.21. The number of carbonyl (C=O) groups excluding carboxylic acids is 1.